The molecular formula is C11H14BrNO5S. The first-order valence-corrected chi connectivity index (χ1v) is 7.45. The van der Waals surface area contributed by atoms with E-state index in [-0.39, 0.29) is 10.6 Å². The lowest BCUT2D eigenvalue weighted by molar-refractivity contribution is -0.137. The summed E-state index contributed by atoms with van der Waals surface area (Å²) in [5.41, 5.74) is 0.816. The van der Waals surface area contributed by atoms with Crippen LogP contribution in [0.1, 0.15) is 5.56 Å². The summed E-state index contributed by atoms with van der Waals surface area (Å²) in [6, 6.07) is 2.98. The van der Waals surface area contributed by atoms with Gasteiger partial charge >= 0.3 is 5.97 Å². The maximum atomic E-state index is 12.3. The van der Waals surface area contributed by atoms with Crippen LogP contribution in [0.3, 0.4) is 0 Å². The van der Waals surface area contributed by atoms with E-state index in [9.17, 15) is 13.2 Å². The van der Waals surface area contributed by atoms with Gasteiger partial charge in [0.05, 0.1) is 7.11 Å². The number of nitrogens with zero attached hydrogens (tertiary/aromatic N) is 1. The predicted molar refractivity (Wildman–Crippen MR) is 72.9 cm³/mol. The second-order valence-corrected chi connectivity index (χ2v) is 6.77. The number of carboxylic acids is 1. The van der Waals surface area contributed by atoms with Crippen LogP contribution in [0.4, 0.5) is 0 Å². The Bertz CT molecular complexity index is 599. The van der Waals surface area contributed by atoms with Gasteiger partial charge in [-0.25, -0.2) is 8.42 Å². The van der Waals surface area contributed by atoms with Crippen LogP contribution in [-0.2, 0) is 14.8 Å². The predicted octanol–water partition coefficient (Wildman–Crippen LogP) is 1.47. The van der Waals surface area contributed by atoms with Gasteiger partial charge in [-0.05, 0) is 24.6 Å². The van der Waals surface area contributed by atoms with Gasteiger partial charge in [0.15, 0.2) is 0 Å². The molecule has 0 radical (unpaired) electrons. The number of halogens is 1. The van der Waals surface area contributed by atoms with Gasteiger partial charge < -0.3 is 9.84 Å². The maximum absolute atomic E-state index is 12.3. The molecule has 1 aromatic carbocycles. The van der Waals surface area contributed by atoms with Gasteiger partial charge in [0.25, 0.3) is 0 Å². The van der Waals surface area contributed by atoms with Crippen molar-refractivity contribution in [2.75, 3.05) is 20.7 Å². The van der Waals surface area contributed by atoms with Crippen molar-refractivity contribution in [2.45, 2.75) is 11.8 Å². The standard InChI is InChI=1S/C11H14BrNO5S/c1-7-4-9(18-3)10(5-8(7)12)19(16,17)13(2)6-11(14)15/h4-5H,6H2,1-3H3,(H,14,15). The highest BCUT2D eigenvalue weighted by atomic mass is 79.9. The number of carboxylic acid groups (broad SMARTS) is 1. The van der Waals surface area contributed by atoms with E-state index in [4.69, 9.17) is 9.84 Å². The van der Waals surface area contributed by atoms with Gasteiger partial charge in [0.1, 0.15) is 17.2 Å². The maximum Gasteiger partial charge on any atom is 0.318 e. The number of aryl methyl sites for hydroxylation is 1. The Morgan fingerprint density at radius 1 is 1.47 bits per heavy atom. The summed E-state index contributed by atoms with van der Waals surface area (Å²) < 4.78 is 31.0. The Morgan fingerprint density at radius 2 is 2.05 bits per heavy atom. The smallest absolute Gasteiger partial charge is 0.318 e. The minimum atomic E-state index is -3.92. The molecule has 0 spiro atoms. The normalized spacial score (nSPS) is 11.6. The van der Waals surface area contributed by atoms with Crippen molar-refractivity contribution in [2.24, 2.45) is 0 Å². The van der Waals surface area contributed by atoms with Crippen LogP contribution in [0.15, 0.2) is 21.5 Å². The van der Waals surface area contributed by atoms with Crippen LogP contribution in [0, 0.1) is 6.92 Å². The lowest BCUT2D eigenvalue weighted by Gasteiger charge is -2.18. The van der Waals surface area contributed by atoms with E-state index in [2.05, 4.69) is 15.9 Å². The number of methoxy groups -OCH3 is 1. The minimum Gasteiger partial charge on any atom is -0.495 e. The molecule has 0 saturated carbocycles. The zero-order valence-electron chi connectivity index (χ0n) is 10.7. The third kappa shape index (κ3) is 3.46. The van der Waals surface area contributed by atoms with E-state index in [1.807, 2.05) is 0 Å². The molecule has 0 unspecified atom stereocenters. The number of carbonyl (C=O) groups is 1. The molecule has 0 aliphatic rings. The highest BCUT2D eigenvalue weighted by Crippen LogP contribution is 2.31. The summed E-state index contributed by atoms with van der Waals surface area (Å²) in [7, 11) is -1.35. The Morgan fingerprint density at radius 3 is 2.53 bits per heavy atom. The highest BCUT2D eigenvalue weighted by molar-refractivity contribution is 9.10. The zero-order valence-corrected chi connectivity index (χ0v) is 13.1. The van der Waals surface area contributed by atoms with Crippen LogP contribution in [0.5, 0.6) is 5.75 Å². The van der Waals surface area contributed by atoms with Crippen molar-refractivity contribution >= 4 is 31.9 Å². The topological polar surface area (TPSA) is 83.9 Å². The molecule has 0 saturated heterocycles. The molecule has 106 valence electrons. The van der Waals surface area contributed by atoms with Crippen LogP contribution in [-0.4, -0.2) is 44.5 Å². The van der Waals surface area contributed by atoms with E-state index < -0.39 is 22.5 Å². The molecule has 1 rings (SSSR count). The summed E-state index contributed by atoms with van der Waals surface area (Å²) in [5, 5.41) is 8.67. The second kappa shape index (κ2) is 5.89. The number of ether oxygens (including phenoxy) is 1. The van der Waals surface area contributed by atoms with Crippen molar-refractivity contribution in [3.8, 4) is 5.75 Å². The van der Waals surface area contributed by atoms with Gasteiger partial charge in [-0.3, -0.25) is 4.79 Å². The third-order valence-electron chi connectivity index (χ3n) is 2.49. The number of hydrogen-bond acceptors (Lipinski definition) is 4. The average molecular weight is 352 g/mol. The van der Waals surface area contributed by atoms with Crippen molar-refractivity contribution in [3.05, 3.63) is 22.2 Å². The van der Waals surface area contributed by atoms with Crippen LogP contribution in [0.2, 0.25) is 0 Å². The Kier molecular flexibility index (Phi) is 4.94. The van der Waals surface area contributed by atoms with Crippen molar-refractivity contribution < 1.29 is 23.1 Å². The highest BCUT2D eigenvalue weighted by Gasteiger charge is 2.27. The zero-order chi connectivity index (χ0) is 14.8. The summed E-state index contributed by atoms with van der Waals surface area (Å²) in [6.07, 6.45) is 0. The summed E-state index contributed by atoms with van der Waals surface area (Å²) in [6.45, 7) is 1.18. The number of sulfonamides is 1. The van der Waals surface area contributed by atoms with Gasteiger partial charge in [-0.15, -0.1) is 0 Å². The number of likely N-dealkylation sites (N-methyl/N-ethyl adjacent to an activating group) is 1. The first-order chi connectivity index (χ1) is 8.70. The second-order valence-electron chi connectivity index (χ2n) is 3.91. The molecule has 0 heterocycles. The van der Waals surface area contributed by atoms with Crippen molar-refractivity contribution in [1.82, 2.24) is 4.31 Å². The molecule has 0 atom stereocenters. The molecule has 0 aliphatic carbocycles. The first kappa shape index (κ1) is 15.9. The van der Waals surface area contributed by atoms with Gasteiger partial charge in [0, 0.05) is 11.5 Å². The minimum absolute atomic E-state index is 0.0729. The van der Waals surface area contributed by atoms with E-state index in [1.54, 1.807) is 13.0 Å². The Balaban J connectivity index is 3.35. The van der Waals surface area contributed by atoms with Gasteiger partial charge in [-0.1, -0.05) is 15.9 Å². The fourth-order valence-electron chi connectivity index (χ4n) is 1.44. The Hall–Kier alpha value is -1.12. The molecule has 19 heavy (non-hydrogen) atoms. The van der Waals surface area contributed by atoms with E-state index >= 15 is 0 Å². The van der Waals surface area contributed by atoms with Crippen LogP contribution in [0.25, 0.3) is 0 Å². The van der Waals surface area contributed by atoms with E-state index in [0.29, 0.717) is 4.47 Å². The quantitative estimate of drug-likeness (QED) is 0.868. The van der Waals surface area contributed by atoms with E-state index in [1.165, 1.54) is 20.2 Å². The lowest BCUT2D eigenvalue weighted by atomic mass is 10.2. The SMILES string of the molecule is COc1cc(C)c(Br)cc1S(=O)(=O)N(C)CC(=O)O. The average Bonchev–Trinajstić information content (AvgIpc) is 2.30. The van der Waals surface area contributed by atoms with Gasteiger partial charge in [-0.2, -0.15) is 4.31 Å². The lowest BCUT2D eigenvalue weighted by Crippen LogP contribution is -2.32. The fourth-order valence-corrected chi connectivity index (χ4v) is 3.22. The van der Waals surface area contributed by atoms with Crippen molar-refractivity contribution in [1.29, 1.82) is 0 Å². The van der Waals surface area contributed by atoms with Crippen LogP contribution >= 0.6 is 15.9 Å². The van der Waals surface area contributed by atoms with E-state index in [0.717, 1.165) is 9.87 Å². The van der Waals surface area contributed by atoms with Gasteiger partial charge in [0.2, 0.25) is 10.0 Å². The molecular weight excluding hydrogens is 338 g/mol. The Labute approximate surface area is 120 Å². The molecule has 0 aromatic heterocycles. The number of aliphatic carboxylic acids is 1. The molecule has 8 heteroatoms. The number of hydrogen-bond donors (Lipinski definition) is 1. The fraction of sp³-hybridized carbons (Fsp3) is 0.364. The molecule has 0 amide bonds. The largest absolute Gasteiger partial charge is 0.495 e. The summed E-state index contributed by atoms with van der Waals surface area (Å²) >= 11 is 3.25. The summed E-state index contributed by atoms with van der Waals surface area (Å²) in [5.74, 6) is -1.05. The molecule has 0 bridgehead atoms. The first-order valence-electron chi connectivity index (χ1n) is 5.22. The molecule has 1 N–H and O–H groups in total. The van der Waals surface area contributed by atoms with Crippen LogP contribution < -0.4 is 4.74 Å². The summed E-state index contributed by atoms with van der Waals surface area (Å²) in [4.78, 5) is 10.5. The molecule has 0 aliphatic heterocycles. The van der Waals surface area contributed by atoms with Crippen molar-refractivity contribution in [3.63, 3.8) is 0 Å². The molecule has 1 aromatic rings. The molecule has 6 nitrogen and oxygen atoms in total. The number of benzene rings is 1. The third-order valence-corrected chi connectivity index (χ3v) is 5.17. The number of rotatable bonds is 5. The molecule has 0 fully saturated rings. The monoisotopic (exact) mass is 351 g/mol.